The minimum absolute atomic E-state index is 0.277. The van der Waals surface area contributed by atoms with Gasteiger partial charge in [-0.15, -0.1) is 0 Å². The molecule has 0 aromatic heterocycles. The van der Waals surface area contributed by atoms with Gasteiger partial charge in [0.25, 0.3) is 0 Å². The Balaban J connectivity index is 2.01. The molecule has 0 bridgehead atoms. The Morgan fingerprint density at radius 1 is 0.818 bits per heavy atom. The molecule has 0 amide bonds. The zero-order valence-corrected chi connectivity index (χ0v) is 16.0. The van der Waals surface area contributed by atoms with Crippen molar-refractivity contribution in [1.82, 2.24) is 0 Å². The van der Waals surface area contributed by atoms with Crippen molar-refractivity contribution in [2.24, 2.45) is 0 Å². The van der Waals surface area contributed by atoms with Crippen molar-refractivity contribution in [3.63, 3.8) is 0 Å². The van der Waals surface area contributed by atoms with Crippen LogP contribution in [0, 0.1) is 0 Å². The van der Waals surface area contributed by atoms with Crippen LogP contribution < -0.4 is 10.6 Å². The second-order valence-electron chi connectivity index (χ2n) is 6.97. The van der Waals surface area contributed by atoms with Gasteiger partial charge in [-0.05, 0) is 44.3 Å². The molecular formula is C18H23BO2Si. The predicted molar refractivity (Wildman–Crippen MR) is 97.2 cm³/mol. The molecule has 1 aliphatic rings. The van der Waals surface area contributed by atoms with E-state index in [2.05, 4.69) is 70.2 Å². The third kappa shape index (κ3) is 2.56. The molecule has 0 spiro atoms. The monoisotopic (exact) mass is 310 g/mol. The fourth-order valence-electron chi connectivity index (χ4n) is 2.81. The summed E-state index contributed by atoms with van der Waals surface area (Å²) < 4.78 is 12.4. The molecule has 1 aliphatic heterocycles. The van der Waals surface area contributed by atoms with Gasteiger partial charge < -0.3 is 9.31 Å². The maximum Gasteiger partial charge on any atom is 0.494 e. The normalized spacial score (nSPS) is 19.5. The van der Waals surface area contributed by atoms with Gasteiger partial charge >= 0.3 is 7.12 Å². The van der Waals surface area contributed by atoms with E-state index in [4.69, 9.17) is 9.31 Å². The van der Waals surface area contributed by atoms with Gasteiger partial charge in [-0.25, -0.2) is 0 Å². The Hall–Kier alpha value is -1.36. The quantitative estimate of drug-likeness (QED) is 0.785. The summed E-state index contributed by atoms with van der Waals surface area (Å²) in [4.78, 5) is 0. The highest BCUT2D eigenvalue weighted by Gasteiger charge is 2.52. The summed E-state index contributed by atoms with van der Waals surface area (Å²) in [5.41, 5.74) is 3.13. The van der Waals surface area contributed by atoms with Crippen LogP contribution in [-0.4, -0.2) is 28.6 Å². The molecule has 1 saturated heterocycles. The van der Waals surface area contributed by atoms with E-state index in [1.807, 2.05) is 6.07 Å². The summed E-state index contributed by atoms with van der Waals surface area (Å²) in [5, 5.41) is 1.35. The van der Waals surface area contributed by atoms with Crippen LogP contribution >= 0.6 is 0 Å². The molecule has 3 rings (SSSR count). The zero-order chi connectivity index (χ0) is 16.0. The highest BCUT2D eigenvalue weighted by atomic mass is 28.1. The Bertz CT molecular complexity index is 667. The van der Waals surface area contributed by atoms with Gasteiger partial charge in [0.15, 0.2) is 0 Å². The van der Waals surface area contributed by atoms with Crippen LogP contribution in [0.4, 0.5) is 0 Å². The average molecular weight is 310 g/mol. The molecule has 4 heteroatoms. The van der Waals surface area contributed by atoms with E-state index in [0.29, 0.717) is 0 Å². The predicted octanol–water partition coefficient (Wildman–Crippen LogP) is 1.64. The molecule has 22 heavy (non-hydrogen) atoms. The van der Waals surface area contributed by atoms with Crippen LogP contribution in [0.15, 0.2) is 48.5 Å². The van der Waals surface area contributed by atoms with Gasteiger partial charge in [0.1, 0.15) is 0 Å². The van der Waals surface area contributed by atoms with Crippen LogP contribution in [0.25, 0.3) is 11.1 Å². The minimum Gasteiger partial charge on any atom is -0.399 e. The highest BCUT2D eigenvalue weighted by Crippen LogP contribution is 2.36. The first kappa shape index (κ1) is 15.5. The van der Waals surface area contributed by atoms with E-state index in [0.717, 1.165) is 10.2 Å². The lowest BCUT2D eigenvalue weighted by Gasteiger charge is -2.32. The molecule has 0 unspecified atom stereocenters. The zero-order valence-electron chi connectivity index (χ0n) is 14.0. The lowest BCUT2D eigenvalue weighted by atomic mass is 9.77. The lowest BCUT2D eigenvalue weighted by molar-refractivity contribution is 0.00578. The van der Waals surface area contributed by atoms with E-state index in [1.54, 1.807) is 0 Å². The molecule has 114 valence electrons. The van der Waals surface area contributed by atoms with Crippen molar-refractivity contribution in [3.8, 4) is 11.1 Å². The third-order valence-electron chi connectivity index (χ3n) is 4.97. The van der Waals surface area contributed by atoms with E-state index < -0.39 is 0 Å². The molecule has 1 heterocycles. The molecule has 0 aliphatic carbocycles. The topological polar surface area (TPSA) is 18.5 Å². The Kier molecular flexibility index (Phi) is 3.79. The molecule has 0 saturated carbocycles. The molecule has 1 fully saturated rings. The number of rotatable bonds is 2. The molecular weight excluding hydrogens is 287 g/mol. The molecule has 0 N–H and O–H groups in total. The van der Waals surface area contributed by atoms with Crippen molar-refractivity contribution >= 4 is 28.0 Å². The summed E-state index contributed by atoms with van der Waals surface area (Å²) in [7, 11) is 0.679. The third-order valence-corrected chi connectivity index (χ3v) is 6.08. The van der Waals surface area contributed by atoms with Gasteiger partial charge in [-0.1, -0.05) is 53.7 Å². The second kappa shape index (κ2) is 5.37. The van der Waals surface area contributed by atoms with Crippen molar-refractivity contribution in [2.75, 3.05) is 0 Å². The van der Waals surface area contributed by atoms with E-state index in [1.165, 1.54) is 21.8 Å². The Labute approximate surface area is 136 Å². The van der Waals surface area contributed by atoms with Gasteiger partial charge in [0.05, 0.1) is 11.2 Å². The van der Waals surface area contributed by atoms with Gasteiger partial charge in [-0.2, -0.15) is 0 Å². The first-order chi connectivity index (χ1) is 10.3. The maximum absolute atomic E-state index is 6.22. The maximum atomic E-state index is 6.22. The van der Waals surface area contributed by atoms with Crippen LogP contribution in [0.2, 0.25) is 0 Å². The summed E-state index contributed by atoms with van der Waals surface area (Å²) in [6.07, 6.45) is 0. The smallest absolute Gasteiger partial charge is 0.399 e. The Morgan fingerprint density at radius 2 is 1.41 bits per heavy atom. The molecule has 2 nitrogen and oxygen atoms in total. The fraction of sp³-hybridized carbons (Fsp3) is 0.333. The first-order valence-electron chi connectivity index (χ1n) is 7.82. The Morgan fingerprint density at radius 3 is 2.00 bits per heavy atom. The average Bonchev–Trinajstić information content (AvgIpc) is 2.68. The van der Waals surface area contributed by atoms with Crippen molar-refractivity contribution < 1.29 is 9.31 Å². The molecule has 2 aromatic carbocycles. The number of benzene rings is 2. The van der Waals surface area contributed by atoms with Gasteiger partial charge in [0.2, 0.25) is 0 Å². The molecule has 2 aromatic rings. The SMILES string of the molecule is CC1(C)OB(c2cccc(-c3ccccc3)c2[SiH3])OC1(C)C. The largest absolute Gasteiger partial charge is 0.494 e. The van der Waals surface area contributed by atoms with Crippen LogP contribution in [0.3, 0.4) is 0 Å². The minimum atomic E-state index is -0.297. The van der Waals surface area contributed by atoms with Crippen LogP contribution in [0.1, 0.15) is 27.7 Å². The summed E-state index contributed by atoms with van der Waals surface area (Å²) >= 11 is 0. The summed E-state index contributed by atoms with van der Waals surface area (Å²) in [6.45, 7) is 8.39. The van der Waals surface area contributed by atoms with E-state index >= 15 is 0 Å². The van der Waals surface area contributed by atoms with E-state index in [9.17, 15) is 0 Å². The second-order valence-corrected chi connectivity index (χ2v) is 7.97. The van der Waals surface area contributed by atoms with Crippen molar-refractivity contribution in [2.45, 2.75) is 38.9 Å². The van der Waals surface area contributed by atoms with Gasteiger partial charge in [-0.3, -0.25) is 0 Å². The molecule has 0 radical (unpaired) electrons. The standard InChI is InChI=1S/C18H23BO2Si/c1-17(2)18(3,4)21-19(20-17)15-12-8-11-14(16(15)22)13-9-6-5-7-10-13/h5-12H,1-4,22H3. The van der Waals surface area contributed by atoms with Crippen molar-refractivity contribution in [3.05, 3.63) is 48.5 Å². The number of hydrogen-bond acceptors (Lipinski definition) is 2. The summed E-state index contributed by atoms with van der Waals surface area (Å²) in [5.74, 6) is 0. The summed E-state index contributed by atoms with van der Waals surface area (Å²) in [6, 6.07) is 17.0. The highest BCUT2D eigenvalue weighted by molar-refractivity contribution is 6.68. The van der Waals surface area contributed by atoms with Crippen LogP contribution in [0.5, 0.6) is 0 Å². The molecule has 0 atom stereocenters. The van der Waals surface area contributed by atoms with Crippen molar-refractivity contribution in [1.29, 1.82) is 0 Å². The van der Waals surface area contributed by atoms with Crippen LogP contribution in [-0.2, 0) is 9.31 Å². The first-order valence-corrected chi connectivity index (χ1v) is 8.82. The van der Waals surface area contributed by atoms with E-state index in [-0.39, 0.29) is 18.3 Å². The lowest BCUT2D eigenvalue weighted by Crippen LogP contribution is -2.44. The fourth-order valence-corrected chi connectivity index (χ4v) is 3.67. The number of hydrogen-bond donors (Lipinski definition) is 0. The van der Waals surface area contributed by atoms with Gasteiger partial charge in [0, 0.05) is 10.2 Å².